The van der Waals surface area contributed by atoms with E-state index in [9.17, 15) is 0 Å². The van der Waals surface area contributed by atoms with Gasteiger partial charge in [-0.15, -0.1) is 0 Å². The molecule has 0 spiro atoms. The van der Waals surface area contributed by atoms with E-state index in [1.165, 1.54) is 0 Å². The Morgan fingerprint density at radius 1 is 1.54 bits per heavy atom. The van der Waals surface area contributed by atoms with Crippen molar-refractivity contribution in [1.29, 1.82) is 0 Å². The van der Waals surface area contributed by atoms with Gasteiger partial charge in [-0.25, -0.2) is 0 Å². The molecule has 3 N–H and O–H groups in total. The van der Waals surface area contributed by atoms with Crippen LogP contribution in [0.25, 0.3) is 11.3 Å². The van der Waals surface area contributed by atoms with Crippen LogP contribution in [0.5, 0.6) is 0 Å². The normalized spacial score (nSPS) is 10.6. The van der Waals surface area contributed by atoms with Crippen LogP contribution in [0.2, 0.25) is 0 Å². The van der Waals surface area contributed by atoms with E-state index in [-0.39, 0.29) is 0 Å². The zero-order valence-corrected chi connectivity index (χ0v) is 7.57. The predicted octanol–water partition coefficient (Wildman–Crippen LogP) is 0.701. The fourth-order valence-electron chi connectivity index (χ4n) is 1.24. The number of rotatable bonds is 1. The number of nitrogens with zero attached hydrogens (tertiary/aromatic N) is 3. The lowest BCUT2D eigenvalue weighted by molar-refractivity contribution is 0.740. The second kappa shape index (κ2) is 2.62. The standard InChI is InChI=1S/C8H11N5/c1-5-6(4-10-13(5)2)7-3-8(9)12-11-7/h3-4H,1-2H3,(H3,9,11,12). The van der Waals surface area contributed by atoms with Crippen molar-refractivity contribution in [3.05, 3.63) is 18.0 Å². The van der Waals surface area contributed by atoms with Gasteiger partial charge in [-0.2, -0.15) is 10.2 Å². The van der Waals surface area contributed by atoms with Gasteiger partial charge in [0.2, 0.25) is 0 Å². The maximum atomic E-state index is 5.50. The topological polar surface area (TPSA) is 72.5 Å². The maximum absolute atomic E-state index is 5.50. The highest BCUT2D eigenvalue weighted by Crippen LogP contribution is 2.21. The summed E-state index contributed by atoms with van der Waals surface area (Å²) in [6, 6.07) is 1.80. The van der Waals surface area contributed by atoms with Crippen LogP contribution in [0.15, 0.2) is 12.3 Å². The lowest BCUT2D eigenvalue weighted by Crippen LogP contribution is -1.92. The molecule has 0 radical (unpaired) electrons. The van der Waals surface area contributed by atoms with E-state index in [4.69, 9.17) is 5.73 Å². The third kappa shape index (κ3) is 1.18. The number of nitrogens with one attached hydrogen (secondary N) is 1. The van der Waals surface area contributed by atoms with E-state index in [2.05, 4.69) is 15.3 Å². The van der Waals surface area contributed by atoms with Crippen molar-refractivity contribution in [2.24, 2.45) is 7.05 Å². The molecule has 0 amide bonds. The first-order valence-electron chi connectivity index (χ1n) is 3.98. The van der Waals surface area contributed by atoms with E-state index in [1.54, 1.807) is 12.3 Å². The molecular formula is C8H11N5. The second-order valence-electron chi connectivity index (χ2n) is 2.97. The van der Waals surface area contributed by atoms with Crippen LogP contribution in [0.4, 0.5) is 5.82 Å². The third-order valence-corrected chi connectivity index (χ3v) is 2.12. The summed E-state index contributed by atoms with van der Waals surface area (Å²) in [7, 11) is 1.90. The molecule has 0 saturated heterocycles. The summed E-state index contributed by atoms with van der Waals surface area (Å²) in [6.45, 7) is 2.00. The number of H-pyrrole nitrogens is 1. The lowest BCUT2D eigenvalue weighted by Gasteiger charge is -1.95. The van der Waals surface area contributed by atoms with Crippen LogP contribution in [0.3, 0.4) is 0 Å². The smallest absolute Gasteiger partial charge is 0.145 e. The van der Waals surface area contributed by atoms with Gasteiger partial charge in [0.25, 0.3) is 0 Å². The minimum atomic E-state index is 0.498. The fourth-order valence-corrected chi connectivity index (χ4v) is 1.24. The molecule has 0 aliphatic rings. The van der Waals surface area contributed by atoms with Crippen LogP contribution >= 0.6 is 0 Å². The largest absolute Gasteiger partial charge is 0.382 e. The van der Waals surface area contributed by atoms with Gasteiger partial charge < -0.3 is 5.73 Å². The Balaban J connectivity index is 2.52. The van der Waals surface area contributed by atoms with Crippen LogP contribution in [-0.4, -0.2) is 20.0 Å². The molecule has 0 unspecified atom stereocenters. The van der Waals surface area contributed by atoms with Gasteiger partial charge >= 0.3 is 0 Å². The van der Waals surface area contributed by atoms with Gasteiger partial charge in [0, 0.05) is 24.4 Å². The van der Waals surface area contributed by atoms with Crippen molar-refractivity contribution in [3.63, 3.8) is 0 Å². The minimum Gasteiger partial charge on any atom is -0.382 e. The van der Waals surface area contributed by atoms with Gasteiger partial charge in [-0.1, -0.05) is 0 Å². The number of aromatic nitrogens is 4. The molecule has 0 saturated carbocycles. The zero-order valence-electron chi connectivity index (χ0n) is 7.57. The molecule has 5 nitrogen and oxygen atoms in total. The number of hydrogen-bond acceptors (Lipinski definition) is 3. The van der Waals surface area contributed by atoms with Gasteiger partial charge in [0.15, 0.2) is 0 Å². The number of anilines is 1. The van der Waals surface area contributed by atoms with E-state index >= 15 is 0 Å². The maximum Gasteiger partial charge on any atom is 0.145 e. The van der Waals surface area contributed by atoms with Crippen LogP contribution in [-0.2, 0) is 7.05 Å². The average Bonchev–Trinajstić information content (AvgIpc) is 2.62. The molecule has 0 atom stereocenters. The van der Waals surface area contributed by atoms with Crippen molar-refractivity contribution < 1.29 is 0 Å². The third-order valence-electron chi connectivity index (χ3n) is 2.12. The molecular weight excluding hydrogens is 166 g/mol. The van der Waals surface area contributed by atoms with Gasteiger partial charge in [0.05, 0.1) is 11.9 Å². The number of hydrogen-bond donors (Lipinski definition) is 2. The molecule has 0 fully saturated rings. The molecule has 0 aliphatic heterocycles. The van der Waals surface area contributed by atoms with Crippen LogP contribution in [0, 0.1) is 6.92 Å². The van der Waals surface area contributed by atoms with Crippen molar-refractivity contribution in [2.45, 2.75) is 6.92 Å². The summed E-state index contributed by atoms with van der Waals surface area (Å²) in [5.41, 5.74) is 8.53. The minimum absolute atomic E-state index is 0.498. The molecule has 0 aliphatic carbocycles. The summed E-state index contributed by atoms with van der Waals surface area (Å²) in [5, 5.41) is 10.8. The van der Waals surface area contributed by atoms with Crippen molar-refractivity contribution in [1.82, 2.24) is 20.0 Å². The van der Waals surface area contributed by atoms with Crippen molar-refractivity contribution in [2.75, 3.05) is 5.73 Å². The Bertz CT molecular complexity index is 425. The van der Waals surface area contributed by atoms with Crippen LogP contribution < -0.4 is 5.73 Å². The number of nitrogen functional groups attached to an aromatic ring is 1. The summed E-state index contributed by atoms with van der Waals surface area (Å²) in [5.74, 6) is 0.498. The van der Waals surface area contributed by atoms with Gasteiger partial charge in [-0.05, 0) is 6.92 Å². The highest BCUT2D eigenvalue weighted by Gasteiger charge is 2.07. The molecule has 2 aromatic rings. The molecule has 0 bridgehead atoms. The SMILES string of the molecule is Cc1c(-c2cc(N)n[nH]2)cnn1C. The fraction of sp³-hybridized carbons (Fsp3) is 0.250. The first kappa shape index (κ1) is 7.85. The number of aryl methyl sites for hydroxylation is 1. The van der Waals surface area contributed by atoms with Gasteiger partial charge in [-0.3, -0.25) is 9.78 Å². The Morgan fingerprint density at radius 3 is 2.77 bits per heavy atom. The number of aromatic amines is 1. The quantitative estimate of drug-likeness (QED) is 0.673. The number of nitrogens with two attached hydrogens (primary N) is 1. The van der Waals surface area contributed by atoms with Crippen molar-refractivity contribution in [3.8, 4) is 11.3 Å². The van der Waals surface area contributed by atoms with E-state index in [0.717, 1.165) is 17.0 Å². The predicted molar refractivity (Wildman–Crippen MR) is 49.9 cm³/mol. The van der Waals surface area contributed by atoms with E-state index < -0.39 is 0 Å². The summed E-state index contributed by atoms with van der Waals surface area (Å²) in [6.07, 6.45) is 1.79. The summed E-state index contributed by atoms with van der Waals surface area (Å²) in [4.78, 5) is 0. The molecule has 2 heterocycles. The second-order valence-corrected chi connectivity index (χ2v) is 2.97. The molecule has 2 rings (SSSR count). The Kier molecular flexibility index (Phi) is 1.58. The Hall–Kier alpha value is -1.78. The van der Waals surface area contributed by atoms with E-state index in [0.29, 0.717) is 5.82 Å². The molecule has 0 aromatic carbocycles. The molecule has 5 heteroatoms. The Morgan fingerprint density at radius 2 is 2.31 bits per heavy atom. The molecule has 68 valence electrons. The monoisotopic (exact) mass is 177 g/mol. The van der Waals surface area contributed by atoms with Crippen LogP contribution in [0.1, 0.15) is 5.69 Å². The first-order valence-corrected chi connectivity index (χ1v) is 3.98. The molecule has 13 heavy (non-hydrogen) atoms. The Labute approximate surface area is 75.6 Å². The highest BCUT2D eigenvalue weighted by atomic mass is 15.3. The summed E-state index contributed by atoms with van der Waals surface area (Å²) >= 11 is 0. The first-order chi connectivity index (χ1) is 6.18. The van der Waals surface area contributed by atoms with Gasteiger partial charge in [0.1, 0.15) is 5.82 Å². The van der Waals surface area contributed by atoms with Crippen molar-refractivity contribution >= 4 is 5.82 Å². The zero-order chi connectivity index (χ0) is 9.42. The van der Waals surface area contributed by atoms with E-state index in [1.807, 2.05) is 18.7 Å². The lowest BCUT2D eigenvalue weighted by atomic mass is 10.2. The molecule has 2 aromatic heterocycles. The summed E-state index contributed by atoms with van der Waals surface area (Å²) < 4.78 is 1.81. The average molecular weight is 177 g/mol. The highest BCUT2D eigenvalue weighted by molar-refractivity contribution is 5.63.